The van der Waals surface area contributed by atoms with Crippen LogP contribution in [0, 0.1) is 11.8 Å². The van der Waals surface area contributed by atoms with Crippen molar-refractivity contribution >= 4 is 45.0 Å². The van der Waals surface area contributed by atoms with Gasteiger partial charge in [0, 0.05) is 59.9 Å². The highest BCUT2D eigenvalue weighted by molar-refractivity contribution is 6.04. The first-order chi connectivity index (χ1) is 28.6. The summed E-state index contributed by atoms with van der Waals surface area (Å²) >= 11 is 0. The van der Waals surface area contributed by atoms with Crippen molar-refractivity contribution in [1.82, 2.24) is 44.0 Å². The van der Waals surface area contributed by atoms with Crippen LogP contribution in [-0.2, 0) is 28.5 Å². The number of ether oxygens (including phenoxy) is 1. The van der Waals surface area contributed by atoms with Gasteiger partial charge in [0.05, 0.1) is 23.2 Å². The van der Waals surface area contributed by atoms with E-state index in [4.69, 9.17) is 16.2 Å². The van der Waals surface area contributed by atoms with Crippen molar-refractivity contribution in [3.8, 4) is 17.5 Å². The van der Waals surface area contributed by atoms with Crippen LogP contribution < -0.4 is 22.3 Å². The number of pyridine rings is 1. The molecule has 0 aliphatic heterocycles. The molecule has 5 N–H and O–H groups in total. The minimum absolute atomic E-state index is 0.0413. The van der Waals surface area contributed by atoms with Gasteiger partial charge in [-0.25, -0.2) is 14.2 Å². The molecule has 1 aliphatic carbocycles. The average molecular weight is 786 g/mol. The van der Waals surface area contributed by atoms with E-state index in [2.05, 4.69) is 37.6 Å². The summed E-state index contributed by atoms with van der Waals surface area (Å²) in [5.74, 6) is 5.32. The molecule has 0 spiro atoms. The molecular weight excluding hydrogens is 747 g/mol. The number of nitrogens with two attached hydrogens (primary N) is 2. The van der Waals surface area contributed by atoms with Crippen molar-refractivity contribution in [2.45, 2.75) is 43.8 Å². The summed E-state index contributed by atoms with van der Waals surface area (Å²) in [5.41, 5.74) is 16.2. The zero-order chi connectivity index (χ0) is 40.8. The average Bonchev–Trinajstić information content (AvgIpc) is 3.56. The van der Waals surface area contributed by atoms with E-state index in [1.807, 2.05) is 90.6 Å². The summed E-state index contributed by atoms with van der Waals surface area (Å²) in [5, 5.41) is 17.9. The number of nitrogens with one attached hydrogen (secondary N) is 1. The Hall–Kier alpha value is -7.57. The molecule has 0 bridgehead atoms. The first-order valence-corrected chi connectivity index (χ1v) is 19.1. The summed E-state index contributed by atoms with van der Waals surface area (Å²) in [4.78, 5) is 45.5. The van der Waals surface area contributed by atoms with E-state index < -0.39 is 29.5 Å². The van der Waals surface area contributed by atoms with Gasteiger partial charge in [-0.05, 0) is 73.0 Å². The second-order valence-corrected chi connectivity index (χ2v) is 14.9. The Labute approximate surface area is 337 Å². The second kappa shape index (κ2) is 14.7. The van der Waals surface area contributed by atoms with Crippen LogP contribution in [0.2, 0.25) is 0 Å². The summed E-state index contributed by atoms with van der Waals surface area (Å²) in [6.45, 7) is 1.91. The molecule has 0 saturated heterocycles. The molecule has 1 saturated carbocycles. The molecule has 15 nitrogen and oxygen atoms in total. The number of aromatic nitrogens is 8. The topological polar surface area (TPSA) is 195 Å². The van der Waals surface area contributed by atoms with Gasteiger partial charge >= 0.3 is 5.97 Å². The molecule has 0 unspecified atom stereocenters. The number of rotatable bonds is 10. The lowest BCUT2D eigenvalue weighted by atomic mass is 10.0. The number of carbonyl (C=O) groups is 2. The lowest BCUT2D eigenvalue weighted by Gasteiger charge is -2.21. The van der Waals surface area contributed by atoms with Gasteiger partial charge in [-0.3, -0.25) is 19.0 Å². The number of fused-ring (bicyclic) bond motifs is 3. The Bertz CT molecular complexity index is 3060. The Morgan fingerprint density at radius 2 is 1.80 bits per heavy atom. The molecule has 294 valence electrons. The van der Waals surface area contributed by atoms with Gasteiger partial charge in [-0.2, -0.15) is 0 Å². The third-order valence-corrected chi connectivity index (χ3v) is 10.9. The van der Waals surface area contributed by atoms with Gasteiger partial charge in [0.2, 0.25) is 0 Å². The SMILES string of the molecule is C[C@H](NC(=O)c1c(N)nn2cccnc12)c1cc2cccc(C#Cc3cn(C4(COC(=O)[C@H](N)Cc5cn(C)c6ccccc56)CC4)nn3)c2c(=O)n1-c1ccccc1. The molecule has 1 amide bonds. The van der Waals surface area contributed by atoms with Gasteiger partial charge < -0.3 is 26.1 Å². The normalized spacial score (nSPS) is 14.2. The van der Waals surface area contributed by atoms with Crippen LogP contribution in [0.3, 0.4) is 0 Å². The van der Waals surface area contributed by atoms with Crippen LogP contribution in [0.5, 0.6) is 0 Å². The first kappa shape index (κ1) is 37.0. The molecule has 8 aromatic rings. The molecule has 3 aromatic carbocycles. The minimum atomic E-state index is -0.820. The molecular formula is C44H39N11O4. The number of hydrogen-bond donors (Lipinski definition) is 3. The molecule has 59 heavy (non-hydrogen) atoms. The number of carbonyl (C=O) groups excluding carboxylic acids is 2. The fourth-order valence-electron chi connectivity index (χ4n) is 7.60. The first-order valence-electron chi connectivity index (χ1n) is 19.1. The van der Waals surface area contributed by atoms with E-state index in [0.29, 0.717) is 45.5 Å². The van der Waals surface area contributed by atoms with Crippen molar-refractivity contribution in [3.05, 3.63) is 148 Å². The third kappa shape index (κ3) is 6.85. The highest BCUT2D eigenvalue weighted by atomic mass is 16.5. The van der Waals surface area contributed by atoms with Crippen LogP contribution in [0.25, 0.3) is 33.0 Å². The number of nitrogens with zero attached hydrogens (tertiary/aromatic N) is 8. The number of aryl methyl sites for hydroxylation is 1. The number of nitrogen functional groups attached to an aromatic ring is 1. The number of hydrogen-bond acceptors (Lipinski definition) is 10. The van der Waals surface area contributed by atoms with E-state index in [0.717, 1.165) is 29.3 Å². The molecule has 0 radical (unpaired) electrons. The highest BCUT2D eigenvalue weighted by Crippen LogP contribution is 2.43. The van der Waals surface area contributed by atoms with Crippen molar-refractivity contribution in [1.29, 1.82) is 0 Å². The van der Waals surface area contributed by atoms with Crippen LogP contribution in [0.1, 0.15) is 58.7 Å². The van der Waals surface area contributed by atoms with E-state index in [1.54, 1.807) is 46.9 Å². The van der Waals surface area contributed by atoms with Crippen LogP contribution in [0.15, 0.2) is 115 Å². The summed E-state index contributed by atoms with van der Waals surface area (Å²) in [6, 6.07) is 24.8. The smallest absolute Gasteiger partial charge is 0.323 e. The van der Waals surface area contributed by atoms with Crippen LogP contribution in [-0.4, -0.2) is 63.3 Å². The predicted molar refractivity (Wildman–Crippen MR) is 222 cm³/mol. The Balaban J connectivity index is 0.955. The van der Waals surface area contributed by atoms with Crippen molar-refractivity contribution in [3.63, 3.8) is 0 Å². The number of amides is 1. The van der Waals surface area contributed by atoms with Crippen molar-refractivity contribution in [2.75, 3.05) is 12.3 Å². The van der Waals surface area contributed by atoms with Crippen LogP contribution in [0.4, 0.5) is 5.82 Å². The zero-order valence-corrected chi connectivity index (χ0v) is 32.2. The van der Waals surface area contributed by atoms with E-state index in [9.17, 15) is 14.4 Å². The van der Waals surface area contributed by atoms with Gasteiger partial charge in [0.15, 0.2) is 17.2 Å². The highest BCUT2D eigenvalue weighted by Gasteiger charge is 2.47. The molecule has 2 atom stereocenters. The van der Waals surface area contributed by atoms with Gasteiger partial charge in [-0.15, -0.1) is 10.2 Å². The number of benzene rings is 3. The Morgan fingerprint density at radius 1 is 1.00 bits per heavy atom. The predicted octanol–water partition coefficient (Wildman–Crippen LogP) is 4.19. The van der Waals surface area contributed by atoms with Crippen molar-refractivity contribution in [2.24, 2.45) is 12.8 Å². The van der Waals surface area contributed by atoms with Gasteiger partial charge in [-0.1, -0.05) is 59.7 Å². The van der Waals surface area contributed by atoms with E-state index in [-0.39, 0.29) is 23.5 Å². The summed E-state index contributed by atoms with van der Waals surface area (Å²) < 4.78 is 12.5. The van der Waals surface area contributed by atoms with E-state index >= 15 is 0 Å². The largest absolute Gasteiger partial charge is 0.462 e. The van der Waals surface area contributed by atoms with Gasteiger partial charge in [0.25, 0.3) is 11.5 Å². The Kier molecular flexibility index (Phi) is 9.25. The standard InChI is InChI=1S/C44H39N11O4/c1-27(48-41(56)38-39(46)50-53-21-9-20-47-40(38)53)36-23-29-11-8-10-28(37(29)42(57)55(36)32-12-4-3-5-13-32)16-17-31-25-54(51-49-31)44(18-19-44)26-59-43(58)34(45)22-30-24-52(2)35-15-7-6-14-33(30)35/h3-15,20-21,23-25,27,34H,18-19,22,26,45H2,1-2H3,(H2,46,50)(H,48,56)/t27-,34+/m0/s1. The zero-order valence-electron chi connectivity index (χ0n) is 32.2. The fraction of sp³-hybridized carbons (Fsp3) is 0.205. The maximum absolute atomic E-state index is 14.6. The molecule has 5 heterocycles. The maximum Gasteiger partial charge on any atom is 0.323 e. The maximum atomic E-state index is 14.6. The molecule has 1 aliphatic rings. The number of anilines is 1. The number of esters is 1. The molecule has 15 heteroatoms. The summed E-state index contributed by atoms with van der Waals surface area (Å²) in [6.07, 6.45) is 8.81. The summed E-state index contributed by atoms with van der Waals surface area (Å²) in [7, 11) is 1.97. The number of para-hydroxylation sites is 2. The molecule has 5 aromatic heterocycles. The van der Waals surface area contributed by atoms with Crippen LogP contribution >= 0.6 is 0 Å². The molecule has 1 fully saturated rings. The minimum Gasteiger partial charge on any atom is -0.462 e. The monoisotopic (exact) mass is 785 g/mol. The third-order valence-electron chi connectivity index (χ3n) is 10.9. The quantitative estimate of drug-likeness (QED) is 0.134. The Morgan fingerprint density at radius 3 is 2.61 bits per heavy atom. The molecule has 9 rings (SSSR count). The fourth-order valence-corrected chi connectivity index (χ4v) is 7.60. The lowest BCUT2D eigenvalue weighted by molar-refractivity contribution is -0.146. The van der Waals surface area contributed by atoms with Crippen molar-refractivity contribution < 1.29 is 14.3 Å². The van der Waals surface area contributed by atoms with Gasteiger partial charge in [0.1, 0.15) is 18.2 Å². The lowest BCUT2D eigenvalue weighted by Crippen LogP contribution is -2.37. The van der Waals surface area contributed by atoms with E-state index in [1.165, 1.54) is 4.52 Å². The second-order valence-electron chi connectivity index (χ2n) is 14.9.